The summed E-state index contributed by atoms with van der Waals surface area (Å²) in [5.41, 5.74) is 7.96. The fourth-order valence-corrected chi connectivity index (χ4v) is 3.05. The summed E-state index contributed by atoms with van der Waals surface area (Å²) in [4.78, 5) is 22.2. The van der Waals surface area contributed by atoms with E-state index < -0.39 is 4.92 Å². The van der Waals surface area contributed by atoms with Crippen molar-refractivity contribution in [3.8, 4) is 0 Å². The largest absolute Gasteiger partial charge is 0.375 e. The zero-order chi connectivity index (χ0) is 15.0. The number of aryl methyl sites for hydroxylation is 1. The van der Waals surface area contributed by atoms with Crippen LogP contribution >= 0.6 is 0 Å². The van der Waals surface area contributed by atoms with Crippen molar-refractivity contribution in [2.24, 2.45) is 5.73 Å². The maximum Gasteiger partial charge on any atom is 0.294 e. The van der Waals surface area contributed by atoms with Crippen molar-refractivity contribution < 1.29 is 9.72 Å². The number of nitrogens with zero attached hydrogens (tertiary/aromatic N) is 1. The number of anilines is 2. The number of hydrogen-bond donors (Lipinski definition) is 3. The minimum atomic E-state index is -0.427. The molecule has 1 aliphatic heterocycles. The van der Waals surface area contributed by atoms with Crippen molar-refractivity contribution >= 4 is 23.0 Å². The maximum absolute atomic E-state index is 11.4. The number of nitro groups is 1. The van der Waals surface area contributed by atoms with E-state index in [1.54, 1.807) is 6.07 Å². The molecule has 4 N–H and O–H groups in total. The van der Waals surface area contributed by atoms with Crippen LogP contribution in [-0.2, 0) is 11.2 Å². The van der Waals surface area contributed by atoms with E-state index in [-0.39, 0.29) is 23.7 Å². The van der Waals surface area contributed by atoms with Gasteiger partial charge in [-0.15, -0.1) is 0 Å². The number of carbonyl (C=O) groups is 1. The van der Waals surface area contributed by atoms with Gasteiger partial charge in [0.1, 0.15) is 5.69 Å². The molecule has 1 aliphatic carbocycles. The minimum Gasteiger partial charge on any atom is -0.375 e. The number of carbonyl (C=O) groups excluding carboxylic acids is 1. The monoisotopic (exact) mass is 290 g/mol. The normalized spacial score (nSPS) is 24.3. The predicted molar refractivity (Wildman–Crippen MR) is 79.3 cm³/mol. The highest BCUT2D eigenvalue weighted by atomic mass is 16.6. The highest BCUT2D eigenvalue weighted by molar-refractivity contribution is 5.95. The number of benzene rings is 1. The average Bonchev–Trinajstić information content (AvgIpc) is 2.83. The Balaban J connectivity index is 1.94. The van der Waals surface area contributed by atoms with Gasteiger partial charge in [0.15, 0.2) is 0 Å². The van der Waals surface area contributed by atoms with Crippen molar-refractivity contribution in [2.45, 2.75) is 44.2 Å². The maximum atomic E-state index is 11.4. The summed E-state index contributed by atoms with van der Waals surface area (Å²) in [5, 5.41) is 17.2. The Kier molecular flexibility index (Phi) is 3.50. The van der Waals surface area contributed by atoms with Crippen molar-refractivity contribution in [1.82, 2.24) is 0 Å². The van der Waals surface area contributed by atoms with Gasteiger partial charge in [-0.1, -0.05) is 0 Å². The fourth-order valence-electron chi connectivity index (χ4n) is 3.05. The number of nitro benzene ring substituents is 1. The second-order valence-corrected chi connectivity index (χ2v) is 5.68. The van der Waals surface area contributed by atoms with Gasteiger partial charge >= 0.3 is 0 Å². The molecular formula is C14H18N4O3. The van der Waals surface area contributed by atoms with Crippen LogP contribution < -0.4 is 16.4 Å². The Morgan fingerprint density at radius 1 is 1.33 bits per heavy atom. The summed E-state index contributed by atoms with van der Waals surface area (Å²) >= 11 is 0. The standard InChI is InChI=1S/C14H18N4O3/c15-9-2-1-3-10(9)16-12-6-8-4-5-14(19)17-11(8)7-13(12)18(20)21/h6-7,9-10,16H,1-5,15H2,(H,17,19). The molecule has 3 rings (SSSR count). The van der Waals surface area contributed by atoms with E-state index in [2.05, 4.69) is 10.6 Å². The van der Waals surface area contributed by atoms with E-state index in [0.717, 1.165) is 24.8 Å². The van der Waals surface area contributed by atoms with Crippen LogP contribution in [-0.4, -0.2) is 22.9 Å². The van der Waals surface area contributed by atoms with Crippen molar-refractivity contribution in [1.29, 1.82) is 0 Å². The molecule has 1 aromatic rings. The molecule has 2 aliphatic rings. The lowest BCUT2D eigenvalue weighted by Gasteiger charge is -2.22. The van der Waals surface area contributed by atoms with Crippen LogP contribution in [0.1, 0.15) is 31.2 Å². The van der Waals surface area contributed by atoms with Gasteiger partial charge in [0.2, 0.25) is 5.91 Å². The van der Waals surface area contributed by atoms with E-state index in [0.29, 0.717) is 24.2 Å². The smallest absolute Gasteiger partial charge is 0.294 e. The first kappa shape index (κ1) is 13.8. The van der Waals surface area contributed by atoms with Gasteiger partial charge in [-0.2, -0.15) is 0 Å². The molecule has 1 amide bonds. The van der Waals surface area contributed by atoms with Gasteiger partial charge in [0, 0.05) is 24.6 Å². The molecule has 1 heterocycles. The second-order valence-electron chi connectivity index (χ2n) is 5.68. The molecule has 2 unspecified atom stereocenters. The molecule has 0 spiro atoms. The third-order valence-electron chi connectivity index (χ3n) is 4.22. The van der Waals surface area contributed by atoms with Crippen LogP contribution in [0.2, 0.25) is 0 Å². The number of rotatable bonds is 3. The van der Waals surface area contributed by atoms with Gasteiger partial charge < -0.3 is 16.4 Å². The topological polar surface area (TPSA) is 110 Å². The molecule has 1 saturated carbocycles. The molecule has 1 fully saturated rings. The molecule has 2 atom stereocenters. The zero-order valence-corrected chi connectivity index (χ0v) is 11.6. The van der Waals surface area contributed by atoms with Gasteiger partial charge in [0.25, 0.3) is 5.69 Å². The number of nitrogens with one attached hydrogen (secondary N) is 2. The molecule has 21 heavy (non-hydrogen) atoms. The summed E-state index contributed by atoms with van der Waals surface area (Å²) in [5.74, 6) is -0.102. The van der Waals surface area contributed by atoms with Crippen LogP contribution in [0, 0.1) is 10.1 Å². The molecular weight excluding hydrogens is 272 g/mol. The number of nitrogens with two attached hydrogens (primary N) is 1. The van der Waals surface area contributed by atoms with Crippen LogP contribution in [0.3, 0.4) is 0 Å². The first-order valence-electron chi connectivity index (χ1n) is 7.18. The van der Waals surface area contributed by atoms with Gasteiger partial charge in [0.05, 0.1) is 10.6 Å². The molecule has 0 bridgehead atoms. The third kappa shape index (κ3) is 2.69. The van der Waals surface area contributed by atoms with Crippen molar-refractivity contribution in [3.63, 3.8) is 0 Å². The van der Waals surface area contributed by atoms with Gasteiger partial charge in [-0.25, -0.2) is 0 Å². The van der Waals surface area contributed by atoms with Gasteiger partial charge in [-0.05, 0) is 37.3 Å². The highest BCUT2D eigenvalue weighted by Gasteiger charge is 2.28. The highest BCUT2D eigenvalue weighted by Crippen LogP contribution is 2.35. The van der Waals surface area contributed by atoms with E-state index in [1.807, 2.05) is 0 Å². The first-order valence-corrected chi connectivity index (χ1v) is 7.18. The number of amides is 1. The second kappa shape index (κ2) is 5.33. The summed E-state index contributed by atoms with van der Waals surface area (Å²) in [6, 6.07) is 3.31. The molecule has 0 radical (unpaired) electrons. The van der Waals surface area contributed by atoms with E-state index >= 15 is 0 Å². The minimum absolute atomic E-state index is 0.0185. The van der Waals surface area contributed by atoms with E-state index in [1.165, 1.54) is 6.07 Å². The Morgan fingerprint density at radius 3 is 2.81 bits per heavy atom. The lowest BCUT2D eigenvalue weighted by molar-refractivity contribution is -0.383. The number of fused-ring (bicyclic) bond motifs is 1. The Bertz CT molecular complexity index is 602. The molecule has 7 nitrogen and oxygen atoms in total. The molecule has 0 aromatic heterocycles. The van der Waals surface area contributed by atoms with Crippen LogP contribution in [0.25, 0.3) is 0 Å². The van der Waals surface area contributed by atoms with E-state index in [4.69, 9.17) is 5.73 Å². The van der Waals surface area contributed by atoms with Crippen LogP contribution in [0.15, 0.2) is 12.1 Å². The van der Waals surface area contributed by atoms with Gasteiger partial charge in [-0.3, -0.25) is 14.9 Å². The first-order chi connectivity index (χ1) is 10.0. The summed E-state index contributed by atoms with van der Waals surface area (Å²) in [6.07, 6.45) is 3.91. The van der Waals surface area contributed by atoms with Crippen molar-refractivity contribution in [3.05, 3.63) is 27.8 Å². The summed E-state index contributed by atoms with van der Waals surface area (Å²) in [7, 11) is 0. The summed E-state index contributed by atoms with van der Waals surface area (Å²) < 4.78 is 0. The van der Waals surface area contributed by atoms with E-state index in [9.17, 15) is 14.9 Å². The van der Waals surface area contributed by atoms with Crippen LogP contribution in [0.4, 0.5) is 17.1 Å². The predicted octanol–water partition coefficient (Wildman–Crippen LogP) is 1.77. The SMILES string of the molecule is NC1CCCC1Nc1cc2c(cc1[N+](=O)[O-])NC(=O)CC2. The Labute approximate surface area is 122 Å². The zero-order valence-electron chi connectivity index (χ0n) is 11.6. The van der Waals surface area contributed by atoms with Crippen molar-refractivity contribution in [2.75, 3.05) is 10.6 Å². The Hall–Kier alpha value is -2.15. The lowest BCUT2D eigenvalue weighted by atomic mass is 10.0. The Morgan fingerprint density at radius 2 is 2.14 bits per heavy atom. The van der Waals surface area contributed by atoms with Crippen LogP contribution in [0.5, 0.6) is 0 Å². The fraction of sp³-hybridized carbons (Fsp3) is 0.500. The lowest BCUT2D eigenvalue weighted by Crippen LogP contribution is -2.35. The summed E-state index contributed by atoms with van der Waals surface area (Å²) in [6.45, 7) is 0. The molecule has 1 aromatic carbocycles. The quantitative estimate of drug-likeness (QED) is 0.580. The number of hydrogen-bond acceptors (Lipinski definition) is 5. The molecule has 7 heteroatoms. The molecule has 0 saturated heterocycles. The average molecular weight is 290 g/mol. The third-order valence-corrected chi connectivity index (χ3v) is 4.22. The molecule has 112 valence electrons.